The Bertz CT molecular complexity index is 578. The van der Waals surface area contributed by atoms with Crippen molar-refractivity contribution in [2.45, 2.75) is 32.6 Å². The first-order valence-corrected chi connectivity index (χ1v) is 8.71. The number of amides is 2. The van der Waals surface area contributed by atoms with Crippen LogP contribution in [0.5, 0.6) is 0 Å². The normalized spacial score (nSPS) is 14.6. The molecule has 1 aliphatic rings. The lowest BCUT2D eigenvalue weighted by Crippen LogP contribution is -2.37. The van der Waals surface area contributed by atoms with Crippen molar-refractivity contribution in [1.82, 2.24) is 4.90 Å². The van der Waals surface area contributed by atoms with Crippen molar-refractivity contribution in [2.24, 2.45) is 0 Å². The average molecular weight is 329 g/mol. The fourth-order valence-corrected chi connectivity index (χ4v) is 3.00. The van der Waals surface area contributed by atoms with Crippen LogP contribution in [0.1, 0.15) is 32.6 Å². The highest BCUT2D eigenvalue weighted by atomic mass is 16.2. The number of para-hydroxylation sites is 2. The van der Waals surface area contributed by atoms with Crippen molar-refractivity contribution >= 4 is 23.2 Å². The Labute approximate surface area is 144 Å². The molecule has 2 rings (SSSR count). The molecular weight excluding hydrogens is 302 g/mol. The molecule has 0 spiro atoms. The van der Waals surface area contributed by atoms with Crippen LogP contribution in [0.4, 0.5) is 11.4 Å². The Morgan fingerprint density at radius 3 is 2.50 bits per heavy atom. The number of hydrogen-bond donors (Lipinski definition) is 1. The maximum Gasteiger partial charge on any atom is 0.246 e. The fourth-order valence-electron chi connectivity index (χ4n) is 3.00. The summed E-state index contributed by atoms with van der Waals surface area (Å²) in [4.78, 5) is 27.9. The molecular formula is C19H27N3O2. The van der Waals surface area contributed by atoms with Crippen LogP contribution < -0.4 is 10.2 Å². The van der Waals surface area contributed by atoms with Crippen LogP contribution in [0.25, 0.3) is 0 Å². The highest BCUT2D eigenvalue weighted by molar-refractivity contribution is 5.98. The first-order valence-electron chi connectivity index (χ1n) is 8.71. The molecule has 2 amide bonds. The number of carbonyl (C=O) groups is 2. The lowest BCUT2D eigenvalue weighted by atomic mass is 10.2. The topological polar surface area (TPSA) is 52.7 Å². The van der Waals surface area contributed by atoms with Gasteiger partial charge in [-0.25, -0.2) is 0 Å². The van der Waals surface area contributed by atoms with E-state index in [1.165, 1.54) is 36.7 Å². The minimum absolute atomic E-state index is 0.0374. The van der Waals surface area contributed by atoms with Gasteiger partial charge in [0.2, 0.25) is 11.8 Å². The van der Waals surface area contributed by atoms with Crippen LogP contribution in [-0.2, 0) is 9.59 Å². The van der Waals surface area contributed by atoms with Crippen LogP contribution in [0.15, 0.2) is 36.9 Å². The van der Waals surface area contributed by atoms with Crippen LogP contribution in [0.2, 0.25) is 0 Å². The molecule has 0 unspecified atom stereocenters. The molecule has 5 heteroatoms. The van der Waals surface area contributed by atoms with Crippen LogP contribution in [0.3, 0.4) is 0 Å². The average Bonchev–Trinajstić information content (AvgIpc) is 2.88. The van der Waals surface area contributed by atoms with Gasteiger partial charge in [0.1, 0.15) is 6.54 Å². The molecule has 0 radical (unpaired) electrons. The van der Waals surface area contributed by atoms with Gasteiger partial charge in [0.25, 0.3) is 0 Å². The summed E-state index contributed by atoms with van der Waals surface area (Å²) in [5, 5.41) is 2.96. The van der Waals surface area contributed by atoms with Crippen LogP contribution >= 0.6 is 0 Å². The third-order valence-corrected chi connectivity index (χ3v) is 4.33. The minimum Gasteiger partial charge on any atom is -0.370 e. The van der Waals surface area contributed by atoms with E-state index in [0.717, 1.165) is 24.5 Å². The van der Waals surface area contributed by atoms with Gasteiger partial charge in [0, 0.05) is 19.6 Å². The zero-order valence-corrected chi connectivity index (χ0v) is 14.5. The van der Waals surface area contributed by atoms with E-state index in [0.29, 0.717) is 6.54 Å². The van der Waals surface area contributed by atoms with Gasteiger partial charge in [0.15, 0.2) is 0 Å². The summed E-state index contributed by atoms with van der Waals surface area (Å²) in [7, 11) is 0. The summed E-state index contributed by atoms with van der Waals surface area (Å²) in [6.07, 6.45) is 6.13. The van der Waals surface area contributed by atoms with E-state index in [1.54, 1.807) is 0 Å². The summed E-state index contributed by atoms with van der Waals surface area (Å²) >= 11 is 0. The number of nitrogens with zero attached hydrogens (tertiary/aromatic N) is 2. The van der Waals surface area contributed by atoms with Crippen LogP contribution in [-0.4, -0.2) is 42.9 Å². The largest absolute Gasteiger partial charge is 0.370 e. The Morgan fingerprint density at radius 2 is 1.88 bits per heavy atom. The summed E-state index contributed by atoms with van der Waals surface area (Å²) in [6, 6.07) is 7.88. The number of benzene rings is 1. The molecule has 24 heavy (non-hydrogen) atoms. The van der Waals surface area contributed by atoms with Crippen molar-refractivity contribution in [3.63, 3.8) is 0 Å². The van der Waals surface area contributed by atoms with Crippen molar-refractivity contribution < 1.29 is 9.59 Å². The second-order valence-electron chi connectivity index (χ2n) is 6.02. The second-order valence-corrected chi connectivity index (χ2v) is 6.02. The molecule has 5 nitrogen and oxygen atoms in total. The van der Waals surface area contributed by atoms with Gasteiger partial charge in [-0.1, -0.05) is 31.6 Å². The van der Waals surface area contributed by atoms with E-state index in [2.05, 4.69) is 16.8 Å². The SMILES string of the molecule is C=CC(=O)N(CC)CC(=O)Nc1ccccc1N1CCCCCC1. The molecule has 130 valence electrons. The molecule has 0 aliphatic carbocycles. The van der Waals surface area contributed by atoms with Crippen molar-refractivity contribution in [1.29, 1.82) is 0 Å². The molecule has 1 aliphatic heterocycles. The highest BCUT2D eigenvalue weighted by Gasteiger charge is 2.17. The molecule has 0 saturated carbocycles. The van der Waals surface area contributed by atoms with Gasteiger partial charge in [0.05, 0.1) is 11.4 Å². The summed E-state index contributed by atoms with van der Waals surface area (Å²) < 4.78 is 0. The van der Waals surface area contributed by atoms with Gasteiger partial charge in [-0.15, -0.1) is 0 Å². The molecule has 1 N–H and O–H groups in total. The lowest BCUT2D eigenvalue weighted by molar-refractivity contribution is -0.130. The second kappa shape index (κ2) is 9.11. The predicted octanol–water partition coefficient (Wildman–Crippen LogP) is 3.04. The maximum atomic E-state index is 12.3. The van der Waals surface area contributed by atoms with E-state index in [9.17, 15) is 9.59 Å². The highest BCUT2D eigenvalue weighted by Crippen LogP contribution is 2.27. The summed E-state index contributed by atoms with van der Waals surface area (Å²) in [5.41, 5.74) is 1.87. The molecule has 1 fully saturated rings. The molecule has 1 saturated heterocycles. The summed E-state index contributed by atoms with van der Waals surface area (Å²) in [6.45, 7) is 7.87. The third kappa shape index (κ3) is 4.85. The number of likely N-dealkylation sites (N-methyl/N-ethyl adjacent to an activating group) is 1. The Morgan fingerprint density at radius 1 is 1.21 bits per heavy atom. The first-order chi connectivity index (χ1) is 11.7. The van der Waals surface area contributed by atoms with E-state index in [1.807, 2.05) is 31.2 Å². The maximum absolute atomic E-state index is 12.3. The van der Waals surface area contributed by atoms with Gasteiger partial charge >= 0.3 is 0 Å². The smallest absolute Gasteiger partial charge is 0.246 e. The standard InChI is InChI=1S/C19H27N3O2/c1-3-19(24)21(4-2)15-18(23)20-16-11-7-8-12-17(16)22-13-9-5-6-10-14-22/h3,7-8,11-12H,1,4-6,9-10,13-15H2,2H3,(H,20,23). The van der Waals surface area contributed by atoms with Gasteiger partial charge < -0.3 is 15.1 Å². The quantitative estimate of drug-likeness (QED) is 0.816. The zero-order valence-electron chi connectivity index (χ0n) is 14.5. The van der Waals surface area contributed by atoms with E-state index >= 15 is 0 Å². The van der Waals surface area contributed by atoms with E-state index in [4.69, 9.17) is 0 Å². The monoisotopic (exact) mass is 329 g/mol. The van der Waals surface area contributed by atoms with Crippen molar-refractivity contribution in [3.8, 4) is 0 Å². The van der Waals surface area contributed by atoms with Gasteiger partial charge in [-0.2, -0.15) is 0 Å². The van der Waals surface area contributed by atoms with Crippen molar-refractivity contribution in [2.75, 3.05) is 36.4 Å². The van der Waals surface area contributed by atoms with E-state index in [-0.39, 0.29) is 18.4 Å². The number of carbonyl (C=O) groups excluding carboxylic acids is 2. The van der Waals surface area contributed by atoms with Gasteiger partial charge in [-0.3, -0.25) is 9.59 Å². The molecule has 1 aromatic carbocycles. The van der Waals surface area contributed by atoms with E-state index < -0.39 is 0 Å². The zero-order chi connectivity index (χ0) is 17.4. The fraction of sp³-hybridized carbons (Fsp3) is 0.474. The third-order valence-electron chi connectivity index (χ3n) is 4.33. The molecule has 0 aromatic heterocycles. The number of hydrogen-bond acceptors (Lipinski definition) is 3. The van der Waals surface area contributed by atoms with Crippen molar-refractivity contribution in [3.05, 3.63) is 36.9 Å². The molecule has 1 aromatic rings. The van der Waals surface area contributed by atoms with Gasteiger partial charge in [-0.05, 0) is 38.0 Å². The lowest BCUT2D eigenvalue weighted by Gasteiger charge is -2.26. The molecule has 0 atom stereocenters. The number of nitrogens with one attached hydrogen (secondary N) is 1. The van der Waals surface area contributed by atoms with Crippen LogP contribution in [0, 0.1) is 0 Å². The first kappa shape index (κ1) is 18.0. The number of anilines is 2. The number of rotatable bonds is 6. The molecule has 0 bridgehead atoms. The Balaban J connectivity index is 2.07. The Hall–Kier alpha value is -2.30. The predicted molar refractivity (Wildman–Crippen MR) is 98.2 cm³/mol. The summed E-state index contributed by atoms with van der Waals surface area (Å²) in [5.74, 6) is -0.414. The minimum atomic E-state index is -0.228. The molecule has 1 heterocycles. The Kier molecular flexibility index (Phi) is 6.85.